The van der Waals surface area contributed by atoms with E-state index in [1.54, 1.807) is 0 Å². The first-order valence-electron chi connectivity index (χ1n) is 8.33. The zero-order valence-electron chi connectivity index (χ0n) is 14.5. The number of hydrogen-bond acceptors (Lipinski definition) is 2. The summed E-state index contributed by atoms with van der Waals surface area (Å²) < 4.78 is 18.8. The molecular weight excluding hydrogens is 328 g/mol. The molecule has 0 radical (unpaired) electrons. The van der Waals surface area contributed by atoms with E-state index in [1.807, 2.05) is 78.9 Å². The Morgan fingerprint density at radius 2 is 1.40 bits per heavy atom. The lowest BCUT2D eigenvalue weighted by atomic mass is 9.98. The van der Waals surface area contributed by atoms with Gasteiger partial charge in [0.2, 0.25) is 0 Å². The minimum Gasteiger partial charge on any atom is -0.606 e. The van der Waals surface area contributed by atoms with Crippen molar-refractivity contribution in [3.05, 3.63) is 90.5 Å². The molecule has 0 N–H and O–H groups in total. The lowest BCUT2D eigenvalue weighted by molar-refractivity contribution is 0.110. The topological polar surface area (TPSA) is 32.3 Å². The molecule has 128 valence electrons. The summed E-state index contributed by atoms with van der Waals surface area (Å²) in [6.07, 6.45) is 0.738. The fourth-order valence-electron chi connectivity index (χ4n) is 2.79. The molecule has 0 aliphatic rings. The highest BCUT2D eigenvalue weighted by atomic mass is 32.2. The highest BCUT2D eigenvalue weighted by molar-refractivity contribution is 7.91. The summed E-state index contributed by atoms with van der Waals surface area (Å²) in [5.74, 6) is 0.858. The fourth-order valence-corrected chi connectivity index (χ4v) is 3.92. The molecule has 3 aromatic carbocycles. The van der Waals surface area contributed by atoms with Crippen LogP contribution in [0.15, 0.2) is 94.7 Å². The molecule has 3 rings (SSSR count). The summed E-state index contributed by atoms with van der Waals surface area (Å²) in [4.78, 5) is 1.64. The van der Waals surface area contributed by atoms with Crippen molar-refractivity contribution in [2.24, 2.45) is 0 Å². The van der Waals surface area contributed by atoms with Crippen LogP contribution < -0.4 is 4.74 Å². The Balaban J connectivity index is 1.75. The van der Waals surface area contributed by atoms with Gasteiger partial charge in [-0.15, -0.1) is 0 Å². The van der Waals surface area contributed by atoms with Gasteiger partial charge in [-0.1, -0.05) is 48.5 Å². The van der Waals surface area contributed by atoms with Gasteiger partial charge in [-0.2, -0.15) is 0 Å². The SMILES string of the molecule is CC(C)(Cc1cccc([S+]([O-])c2ccccc2)c1)Oc1ccccc1. The van der Waals surface area contributed by atoms with Crippen LogP contribution in [0.3, 0.4) is 0 Å². The summed E-state index contributed by atoms with van der Waals surface area (Å²) in [6, 6.07) is 27.3. The maximum atomic E-state index is 12.7. The zero-order chi connectivity index (χ0) is 17.7. The molecule has 0 bridgehead atoms. The van der Waals surface area contributed by atoms with Crippen molar-refractivity contribution in [3.63, 3.8) is 0 Å². The van der Waals surface area contributed by atoms with E-state index >= 15 is 0 Å². The molecule has 0 aromatic heterocycles. The highest BCUT2D eigenvalue weighted by Gasteiger charge is 2.22. The molecule has 0 aliphatic carbocycles. The van der Waals surface area contributed by atoms with Gasteiger partial charge in [0, 0.05) is 17.6 Å². The van der Waals surface area contributed by atoms with Gasteiger partial charge in [0.1, 0.15) is 11.4 Å². The van der Waals surface area contributed by atoms with Gasteiger partial charge >= 0.3 is 0 Å². The second-order valence-electron chi connectivity index (χ2n) is 6.58. The van der Waals surface area contributed by atoms with Crippen LogP contribution in [-0.2, 0) is 17.6 Å². The van der Waals surface area contributed by atoms with Crippen LogP contribution in [0.1, 0.15) is 19.4 Å². The summed E-state index contributed by atoms with van der Waals surface area (Å²) in [5.41, 5.74) is 0.761. The van der Waals surface area contributed by atoms with Crippen LogP contribution in [0.4, 0.5) is 0 Å². The van der Waals surface area contributed by atoms with Gasteiger partial charge in [0.05, 0.1) is 0 Å². The first kappa shape index (κ1) is 17.6. The van der Waals surface area contributed by atoms with Crippen LogP contribution in [0.25, 0.3) is 0 Å². The molecule has 1 atom stereocenters. The smallest absolute Gasteiger partial charge is 0.158 e. The number of benzene rings is 3. The van der Waals surface area contributed by atoms with Crippen molar-refractivity contribution < 1.29 is 9.29 Å². The third kappa shape index (κ3) is 4.88. The maximum Gasteiger partial charge on any atom is 0.158 e. The Morgan fingerprint density at radius 3 is 2.08 bits per heavy atom. The third-order valence-electron chi connectivity index (χ3n) is 3.84. The van der Waals surface area contributed by atoms with Crippen molar-refractivity contribution >= 4 is 11.2 Å². The number of para-hydroxylation sites is 1. The lowest BCUT2D eigenvalue weighted by Crippen LogP contribution is -2.31. The van der Waals surface area contributed by atoms with Crippen molar-refractivity contribution in [3.8, 4) is 5.75 Å². The largest absolute Gasteiger partial charge is 0.606 e. The second kappa shape index (κ2) is 7.77. The summed E-state index contributed by atoms with van der Waals surface area (Å²) in [5, 5.41) is 0. The molecule has 0 fully saturated rings. The second-order valence-corrected chi connectivity index (χ2v) is 8.06. The standard InChI is InChI=1S/C22H22O2S/c1-22(2,24-19-11-5-3-6-12-19)17-18-10-9-15-21(16-18)25(23)20-13-7-4-8-14-20/h3-16H,17H2,1-2H3. The van der Waals surface area contributed by atoms with Crippen LogP contribution in [0, 0.1) is 0 Å². The molecule has 3 heteroatoms. The Kier molecular flexibility index (Phi) is 5.47. The molecular formula is C22H22O2S. The zero-order valence-corrected chi connectivity index (χ0v) is 15.3. The minimum atomic E-state index is -1.16. The molecule has 0 saturated heterocycles. The molecule has 25 heavy (non-hydrogen) atoms. The van der Waals surface area contributed by atoms with Gasteiger partial charge in [-0.3, -0.25) is 0 Å². The quantitative estimate of drug-likeness (QED) is 0.569. The van der Waals surface area contributed by atoms with Crippen molar-refractivity contribution in [1.29, 1.82) is 0 Å². The molecule has 0 saturated carbocycles. The lowest BCUT2D eigenvalue weighted by Gasteiger charge is -2.27. The van der Waals surface area contributed by atoms with E-state index in [4.69, 9.17) is 4.74 Å². The minimum absolute atomic E-state index is 0.353. The monoisotopic (exact) mass is 350 g/mol. The predicted octanol–water partition coefficient (Wildman–Crippen LogP) is 5.25. The van der Waals surface area contributed by atoms with Gasteiger partial charge in [0.15, 0.2) is 9.79 Å². The van der Waals surface area contributed by atoms with Crippen LogP contribution >= 0.6 is 0 Å². The summed E-state index contributed by atoms with van der Waals surface area (Å²) >= 11 is -1.16. The van der Waals surface area contributed by atoms with Crippen molar-refractivity contribution in [2.75, 3.05) is 0 Å². The Bertz CT molecular complexity index is 801. The average Bonchev–Trinajstić information content (AvgIpc) is 2.62. The van der Waals surface area contributed by atoms with E-state index in [1.165, 1.54) is 0 Å². The van der Waals surface area contributed by atoms with Gasteiger partial charge in [-0.25, -0.2) is 0 Å². The van der Waals surface area contributed by atoms with Gasteiger partial charge < -0.3 is 9.29 Å². The third-order valence-corrected chi connectivity index (χ3v) is 5.22. The van der Waals surface area contributed by atoms with E-state index in [2.05, 4.69) is 19.9 Å². The van der Waals surface area contributed by atoms with Gasteiger partial charge in [0.25, 0.3) is 0 Å². The molecule has 0 heterocycles. The number of ether oxygens (including phenoxy) is 1. The number of hydrogen-bond donors (Lipinski definition) is 0. The summed E-state index contributed by atoms with van der Waals surface area (Å²) in [7, 11) is 0. The molecule has 2 nitrogen and oxygen atoms in total. The molecule has 0 spiro atoms. The van der Waals surface area contributed by atoms with E-state index < -0.39 is 11.2 Å². The van der Waals surface area contributed by atoms with Crippen molar-refractivity contribution in [1.82, 2.24) is 0 Å². The van der Waals surface area contributed by atoms with Gasteiger partial charge in [-0.05, 0) is 55.8 Å². The number of rotatable bonds is 6. The fraction of sp³-hybridized carbons (Fsp3) is 0.182. The average molecular weight is 350 g/mol. The van der Waals surface area contributed by atoms with E-state index in [0.717, 1.165) is 27.5 Å². The molecule has 1 unspecified atom stereocenters. The Morgan fingerprint density at radius 1 is 0.800 bits per heavy atom. The van der Waals surface area contributed by atoms with E-state index in [9.17, 15) is 4.55 Å². The first-order chi connectivity index (χ1) is 12.0. The maximum absolute atomic E-state index is 12.7. The normalized spacial score (nSPS) is 12.6. The Hall–Kier alpha value is -2.23. The van der Waals surface area contributed by atoms with Crippen LogP contribution in [0.2, 0.25) is 0 Å². The van der Waals surface area contributed by atoms with Crippen molar-refractivity contribution in [2.45, 2.75) is 35.7 Å². The van der Waals surface area contributed by atoms with Crippen LogP contribution in [-0.4, -0.2) is 10.2 Å². The first-order valence-corrected chi connectivity index (χ1v) is 9.48. The molecule has 0 aliphatic heterocycles. The van der Waals surface area contributed by atoms with Crippen LogP contribution in [0.5, 0.6) is 5.75 Å². The Labute approximate surface area is 152 Å². The van der Waals surface area contributed by atoms with E-state index in [0.29, 0.717) is 0 Å². The molecule has 0 amide bonds. The molecule has 3 aromatic rings. The summed E-state index contributed by atoms with van der Waals surface area (Å²) in [6.45, 7) is 4.14. The predicted molar refractivity (Wildman–Crippen MR) is 102 cm³/mol. The van der Waals surface area contributed by atoms with E-state index in [-0.39, 0.29) is 5.60 Å². The highest BCUT2D eigenvalue weighted by Crippen LogP contribution is 2.25.